The molecule has 9 heavy (non-hydrogen) atoms. The lowest BCUT2D eigenvalue weighted by molar-refractivity contribution is 0.0945. The van der Waals surface area contributed by atoms with Crippen LogP contribution >= 0.6 is 0 Å². The fourth-order valence-electron chi connectivity index (χ4n) is 0.349. The number of nitrogens with one attached hydrogen (secondary N) is 2. The number of nitrogens with zero attached hydrogens (tertiary/aromatic N) is 1. The number of hydrogen-bond donors (Lipinski definition) is 2. The van der Waals surface area contributed by atoms with Crippen molar-refractivity contribution in [2.24, 2.45) is 4.99 Å². The second kappa shape index (κ2) is 5.37. The predicted octanol–water partition coefficient (Wildman–Crippen LogP) is -0.267. The largest absolute Gasteiger partial charge is 0.358 e. The van der Waals surface area contributed by atoms with Crippen LogP contribution in [-0.2, 0) is 4.84 Å². The maximum Gasteiger partial charge on any atom is 0.215 e. The van der Waals surface area contributed by atoms with Crippen LogP contribution in [0.5, 0.6) is 0 Å². The fraction of sp³-hybridized carbons (Fsp3) is 0.800. The third kappa shape index (κ3) is 3.78. The summed E-state index contributed by atoms with van der Waals surface area (Å²) < 4.78 is 0. The van der Waals surface area contributed by atoms with E-state index in [0.29, 0.717) is 12.6 Å². The molecule has 0 amide bonds. The molecule has 54 valence electrons. The zero-order chi connectivity index (χ0) is 7.11. The van der Waals surface area contributed by atoms with E-state index in [1.165, 1.54) is 0 Å². The van der Waals surface area contributed by atoms with Crippen LogP contribution in [0.3, 0.4) is 0 Å². The molecule has 4 nitrogen and oxygen atoms in total. The number of aliphatic imine (C=N–C) groups is 1. The Labute approximate surface area is 55.3 Å². The molecular weight excluding hydrogens is 118 g/mol. The van der Waals surface area contributed by atoms with Crippen molar-refractivity contribution in [2.45, 2.75) is 6.92 Å². The van der Waals surface area contributed by atoms with Crippen molar-refractivity contribution in [1.82, 2.24) is 10.8 Å². The Hall–Kier alpha value is -0.770. The maximum absolute atomic E-state index is 4.83. The molecular formula is C5H13N3O. The maximum atomic E-state index is 4.83. The molecule has 0 aliphatic heterocycles. The van der Waals surface area contributed by atoms with Gasteiger partial charge < -0.3 is 5.32 Å². The second-order valence-electron chi connectivity index (χ2n) is 1.36. The van der Waals surface area contributed by atoms with Crippen LogP contribution in [0.1, 0.15) is 6.92 Å². The van der Waals surface area contributed by atoms with Gasteiger partial charge in [0.25, 0.3) is 0 Å². The van der Waals surface area contributed by atoms with E-state index in [2.05, 4.69) is 15.8 Å². The van der Waals surface area contributed by atoms with Gasteiger partial charge in [-0.25, -0.2) is 5.48 Å². The van der Waals surface area contributed by atoms with Gasteiger partial charge in [0.1, 0.15) is 0 Å². The average Bonchev–Trinajstić information content (AvgIpc) is 1.91. The van der Waals surface area contributed by atoms with Gasteiger partial charge in [0.05, 0.1) is 6.61 Å². The summed E-state index contributed by atoms with van der Waals surface area (Å²) in [5, 5.41) is 2.80. The average molecular weight is 131 g/mol. The van der Waals surface area contributed by atoms with Crippen LogP contribution in [0.2, 0.25) is 0 Å². The van der Waals surface area contributed by atoms with E-state index in [4.69, 9.17) is 4.84 Å². The standard InChI is InChI=1S/C5H13N3O/c1-4-9-8-5(6-2)7-3/h4H2,1-3H3,(H2,6,7,8). The van der Waals surface area contributed by atoms with Gasteiger partial charge in [-0.2, -0.15) is 0 Å². The molecule has 0 bridgehead atoms. The Bertz CT molecular complexity index is 92.2. The van der Waals surface area contributed by atoms with E-state index in [9.17, 15) is 0 Å². The van der Waals surface area contributed by atoms with Crippen LogP contribution in [0.4, 0.5) is 0 Å². The molecule has 0 atom stereocenters. The molecule has 0 heterocycles. The van der Waals surface area contributed by atoms with Gasteiger partial charge in [0.15, 0.2) is 0 Å². The minimum Gasteiger partial charge on any atom is -0.358 e. The van der Waals surface area contributed by atoms with Crippen LogP contribution in [0, 0.1) is 0 Å². The lowest BCUT2D eigenvalue weighted by Crippen LogP contribution is -2.34. The van der Waals surface area contributed by atoms with Crippen LogP contribution < -0.4 is 10.8 Å². The molecule has 0 aromatic carbocycles. The minimum atomic E-state index is 0.626. The second-order valence-corrected chi connectivity index (χ2v) is 1.36. The smallest absolute Gasteiger partial charge is 0.215 e. The molecule has 0 spiro atoms. The van der Waals surface area contributed by atoms with Crippen molar-refractivity contribution in [1.29, 1.82) is 0 Å². The topological polar surface area (TPSA) is 45.6 Å². The third-order valence-corrected chi connectivity index (χ3v) is 0.774. The SMILES string of the molecule is CCONC(=NC)NC. The van der Waals surface area contributed by atoms with Gasteiger partial charge in [0, 0.05) is 14.1 Å². The highest BCUT2D eigenvalue weighted by molar-refractivity contribution is 5.78. The van der Waals surface area contributed by atoms with E-state index >= 15 is 0 Å². The quantitative estimate of drug-likeness (QED) is 0.308. The Kier molecular flexibility index (Phi) is 4.91. The van der Waals surface area contributed by atoms with Crippen molar-refractivity contribution in [3.05, 3.63) is 0 Å². The van der Waals surface area contributed by atoms with Crippen LogP contribution in [-0.4, -0.2) is 26.7 Å². The first-order valence-corrected chi connectivity index (χ1v) is 2.87. The summed E-state index contributed by atoms with van der Waals surface area (Å²) in [6.07, 6.45) is 0. The summed E-state index contributed by atoms with van der Waals surface area (Å²) in [7, 11) is 3.45. The summed E-state index contributed by atoms with van der Waals surface area (Å²) in [6.45, 7) is 2.52. The highest BCUT2D eigenvalue weighted by Crippen LogP contribution is 1.65. The molecule has 0 aliphatic carbocycles. The molecule has 0 saturated carbocycles. The third-order valence-electron chi connectivity index (χ3n) is 0.774. The number of hydrogen-bond acceptors (Lipinski definition) is 2. The molecule has 0 aromatic heterocycles. The number of hydroxylamine groups is 1. The van der Waals surface area contributed by atoms with E-state index in [0.717, 1.165) is 0 Å². The highest BCUT2D eigenvalue weighted by Gasteiger charge is 1.87. The van der Waals surface area contributed by atoms with E-state index in [1.54, 1.807) is 14.1 Å². The highest BCUT2D eigenvalue weighted by atomic mass is 16.6. The lowest BCUT2D eigenvalue weighted by Gasteiger charge is -2.05. The van der Waals surface area contributed by atoms with E-state index in [-0.39, 0.29) is 0 Å². The number of guanidine groups is 1. The minimum absolute atomic E-state index is 0.626. The van der Waals surface area contributed by atoms with Gasteiger partial charge in [-0.3, -0.25) is 9.83 Å². The summed E-state index contributed by atoms with van der Waals surface area (Å²) in [5.41, 5.74) is 2.61. The van der Waals surface area contributed by atoms with Crippen molar-refractivity contribution in [3.63, 3.8) is 0 Å². The first-order chi connectivity index (χ1) is 4.35. The molecule has 0 fully saturated rings. The Morgan fingerprint density at radius 2 is 2.33 bits per heavy atom. The predicted molar refractivity (Wildman–Crippen MR) is 37.2 cm³/mol. The summed E-state index contributed by atoms with van der Waals surface area (Å²) in [4.78, 5) is 8.65. The summed E-state index contributed by atoms with van der Waals surface area (Å²) >= 11 is 0. The fourth-order valence-corrected chi connectivity index (χ4v) is 0.349. The van der Waals surface area contributed by atoms with Gasteiger partial charge in [0.2, 0.25) is 5.96 Å². The lowest BCUT2D eigenvalue weighted by atomic mass is 10.9. The molecule has 0 rings (SSSR count). The Morgan fingerprint density at radius 3 is 2.67 bits per heavy atom. The molecule has 0 aromatic rings. The normalized spacial score (nSPS) is 11.2. The van der Waals surface area contributed by atoms with Gasteiger partial charge in [-0.1, -0.05) is 0 Å². The first kappa shape index (κ1) is 8.23. The van der Waals surface area contributed by atoms with Crippen molar-refractivity contribution >= 4 is 5.96 Å². The molecule has 0 radical (unpaired) electrons. The molecule has 2 N–H and O–H groups in total. The van der Waals surface area contributed by atoms with E-state index < -0.39 is 0 Å². The zero-order valence-electron chi connectivity index (χ0n) is 6.06. The molecule has 4 heteroatoms. The van der Waals surface area contributed by atoms with Gasteiger partial charge in [-0.15, -0.1) is 0 Å². The zero-order valence-corrected chi connectivity index (χ0v) is 6.06. The van der Waals surface area contributed by atoms with Crippen LogP contribution in [0.25, 0.3) is 0 Å². The summed E-state index contributed by atoms with van der Waals surface area (Å²) in [6, 6.07) is 0. The van der Waals surface area contributed by atoms with Gasteiger partial charge in [-0.05, 0) is 6.92 Å². The molecule has 0 aliphatic rings. The Balaban J connectivity index is 3.33. The number of rotatable bonds is 2. The van der Waals surface area contributed by atoms with E-state index in [1.807, 2.05) is 6.92 Å². The first-order valence-electron chi connectivity index (χ1n) is 2.87. The van der Waals surface area contributed by atoms with Crippen LogP contribution in [0.15, 0.2) is 4.99 Å². The van der Waals surface area contributed by atoms with Gasteiger partial charge >= 0.3 is 0 Å². The van der Waals surface area contributed by atoms with Crippen molar-refractivity contribution in [2.75, 3.05) is 20.7 Å². The molecule has 0 unspecified atom stereocenters. The molecule has 0 saturated heterocycles. The van der Waals surface area contributed by atoms with Crippen molar-refractivity contribution < 1.29 is 4.84 Å². The monoisotopic (exact) mass is 131 g/mol. The van der Waals surface area contributed by atoms with Crippen molar-refractivity contribution in [3.8, 4) is 0 Å². The Morgan fingerprint density at radius 1 is 1.67 bits per heavy atom. The summed E-state index contributed by atoms with van der Waals surface area (Å²) in [5.74, 6) is 0.636.